The van der Waals surface area contributed by atoms with E-state index in [9.17, 15) is 13.6 Å². The quantitative estimate of drug-likeness (QED) is 0.796. The van der Waals surface area contributed by atoms with Crippen LogP contribution in [0.4, 0.5) is 14.6 Å². The Morgan fingerprint density at radius 2 is 2.27 bits per heavy atom. The fraction of sp³-hybridized carbons (Fsp3) is 0.500. The van der Waals surface area contributed by atoms with Gasteiger partial charge in [-0.25, -0.2) is 23.1 Å². The number of esters is 1. The number of fused-ring (bicyclic) bond motifs is 1. The van der Waals surface area contributed by atoms with Gasteiger partial charge in [0.25, 0.3) is 0 Å². The van der Waals surface area contributed by atoms with Gasteiger partial charge in [0, 0.05) is 19.2 Å². The highest BCUT2D eigenvalue weighted by molar-refractivity contribution is 5.95. The molecule has 120 valence electrons. The summed E-state index contributed by atoms with van der Waals surface area (Å²) < 4.78 is 31.0. The van der Waals surface area contributed by atoms with Gasteiger partial charge in [-0.2, -0.15) is 5.10 Å². The van der Waals surface area contributed by atoms with Crippen LogP contribution >= 0.6 is 0 Å². The number of alkyl halides is 2. The maximum Gasteiger partial charge on any atom is 0.343 e. The summed E-state index contributed by atoms with van der Waals surface area (Å²) in [5, 5.41) is 7.02. The molecule has 6 nitrogen and oxygen atoms in total. The second-order valence-corrected chi connectivity index (χ2v) is 4.97. The monoisotopic (exact) mass is 312 g/mol. The minimum absolute atomic E-state index is 0.171. The molecule has 2 aromatic rings. The number of ether oxygens (including phenoxy) is 1. The van der Waals surface area contributed by atoms with Crippen molar-refractivity contribution in [3.63, 3.8) is 0 Å². The number of nitrogens with zero attached hydrogens (tertiary/aromatic N) is 3. The Labute approximate surface area is 126 Å². The first-order chi connectivity index (χ1) is 10.5. The summed E-state index contributed by atoms with van der Waals surface area (Å²) in [6.45, 7) is 4.09. The van der Waals surface area contributed by atoms with Crippen LogP contribution in [0.5, 0.6) is 0 Å². The zero-order valence-corrected chi connectivity index (χ0v) is 12.4. The molecule has 0 bridgehead atoms. The van der Waals surface area contributed by atoms with Gasteiger partial charge < -0.3 is 10.1 Å². The molecule has 22 heavy (non-hydrogen) atoms. The first-order valence-corrected chi connectivity index (χ1v) is 7.04. The zero-order chi connectivity index (χ0) is 16.1. The number of anilines is 1. The number of aromatic nitrogens is 3. The largest absolute Gasteiger partial charge is 0.462 e. The molecule has 2 heterocycles. The van der Waals surface area contributed by atoms with Gasteiger partial charge in [-0.15, -0.1) is 0 Å². The number of halogens is 2. The molecule has 8 heteroatoms. The lowest BCUT2D eigenvalue weighted by atomic mass is 10.1. The summed E-state index contributed by atoms with van der Waals surface area (Å²) in [6, 6.07) is 1.67. The average molecular weight is 312 g/mol. The molecule has 0 aliphatic rings. The third-order valence-electron chi connectivity index (χ3n) is 3.08. The van der Waals surface area contributed by atoms with E-state index < -0.39 is 12.4 Å². The molecule has 1 unspecified atom stereocenters. The highest BCUT2D eigenvalue weighted by atomic mass is 19.3. The number of carbonyl (C=O) groups is 1. The van der Waals surface area contributed by atoms with E-state index in [4.69, 9.17) is 4.74 Å². The SMILES string of the molecule is CCOC(=O)c1cnn2ccc(NCC(C)CC(F)F)nc12. The van der Waals surface area contributed by atoms with Gasteiger partial charge in [0.2, 0.25) is 6.43 Å². The summed E-state index contributed by atoms with van der Waals surface area (Å²) in [4.78, 5) is 16.1. The van der Waals surface area contributed by atoms with E-state index in [2.05, 4.69) is 15.4 Å². The van der Waals surface area contributed by atoms with Crippen LogP contribution in [0.15, 0.2) is 18.5 Å². The van der Waals surface area contributed by atoms with Crippen molar-refractivity contribution in [2.75, 3.05) is 18.5 Å². The fourth-order valence-electron chi connectivity index (χ4n) is 1.99. The van der Waals surface area contributed by atoms with Crippen LogP contribution in [0, 0.1) is 5.92 Å². The Morgan fingerprint density at radius 3 is 2.95 bits per heavy atom. The molecule has 0 saturated heterocycles. The van der Waals surface area contributed by atoms with Gasteiger partial charge in [-0.1, -0.05) is 6.92 Å². The van der Waals surface area contributed by atoms with E-state index in [1.165, 1.54) is 10.7 Å². The molecule has 0 aliphatic carbocycles. The van der Waals surface area contributed by atoms with Gasteiger partial charge in [-0.3, -0.25) is 0 Å². The lowest BCUT2D eigenvalue weighted by molar-refractivity contribution is 0.0528. The fourth-order valence-corrected chi connectivity index (χ4v) is 1.99. The molecule has 2 rings (SSSR count). The topological polar surface area (TPSA) is 68.5 Å². The predicted molar refractivity (Wildman–Crippen MR) is 77.2 cm³/mol. The minimum atomic E-state index is -2.32. The Kier molecular flexibility index (Phi) is 5.24. The van der Waals surface area contributed by atoms with Gasteiger partial charge in [0.05, 0.1) is 12.8 Å². The van der Waals surface area contributed by atoms with Crippen LogP contribution < -0.4 is 5.32 Å². The molecular formula is C14H18F2N4O2. The summed E-state index contributed by atoms with van der Waals surface area (Å²) in [5.41, 5.74) is 0.635. The van der Waals surface area contributed by atoms with E-state index >= 15 is 0 Å². The zero-order valence-electron chi connectivity index (χ0n) is 12.4. The molecule has 1 atom stereocenters. The Balaban J connectivity index is 2.12. The van der Waals surface area contributed by atoms with Crippen molar-refractivity contribution in [3.05, 3.63) is 24.0 Å². The van der Waals surface area contributed by atoms with Crippen LogP contribution in [0.1, 0.15) is 30.6 Å². The van der Waals surface area contributed by atoms with E-state index in [1.807, 2.05) is 0 Å². The lowest BCUT2D eigenvalue weighted by Crippen LogP contribution is -2.15. The smallest absolute Gasteiger partial charge is 0.343 e. The second-order valence-electron chi connectivity index (χ2n) is 4.97. The predicted octanol–water partition coefficient (Wildman–Crippen LogP) is 2.61. The molecule has 0 saturated carbocycles. The molecule has 0 fully saturated rings. The van der Waals surface area contributed by atoms with Gasteiger partial charge in [0.15, 0.2) is 5.65 Å². The molecule has 1 N–H and O–H groups in total. The molecule has 0 aromatic carbocycles. The van der Waals surface area contributed by atoms with E-state index in [0.29, 0.717) is 18.0 Å². The van der Waals surface area contributed by atoms with Gasteiger partial charge in [0.1, 0.15) is 11.4 Å². The first kappa shape index (κ1) is 16.1. The number of rotatable bonds is 7. The molecule has 0 amide bonds. The van der Waals surface area contributed by atoms with Crippen molar-refractivity contribution in [1.29, 1.82) is 0 Å². The average Bonchev–Trinajstić information content (AvgIpc) is 2.87. The van der Waals surface area contributed by atoms with Crippen LogP contribution in [-0.4, -0.2) is 40.1 Å². The normalized spacial score (nSPS) is 12.6. The molecular weight excluding hydrogens is 294 g/mol. The van der Waals surface area contributed by atoms with Gasteiger partial charge in [-0.05, 0) is 18.9 Å². The summed E-state index contributed by atoms with van der Waals surface area (Å²) in [5.74, 6) is -0.180. The summed E-state index contributed by atoms with van der Waals surface area (Å²) >= 11 is 0. The van der Waals surface area contributed by atoms with Crippen LogP contribution in [0.25, 0.3) is 5.65 Å². The lowest BCUT2D eigenvalue weighted by Gasteiger charge is -2.12. The number of carbonyl (C=O) groups excluding carboxylic acids is 1. The molecule has 0 radical (unpaired) electrons. The maximum atomic E-state index is 12.3. The van der Waals surface area contributed by atoms with Crippen LogP contribution in [0.3, 0.4) is 0 Å². The third-order valence-corrected chi connectivity index (χ3v) is 3.08. The van der Waals surface area contributed by atoms with Crippen molar-refractivity contribution in [2.24, 2.45) is 5.92 Å². The van der Waals surface area contributed by atoms with E-state index in [-0.39, 0.29) is 24.5 Å². The molecule has 2 aromatic heterocycles. The highest BCUT2D eigenvalue weighted by Gasteiger charge is 2.16. The standard InChI is InChI=1S/C14H18F2N4O2/c1-3-22-14(21)10-8-18-20-5-4-12(19-13(10)20)17-7-9(2)6-11(15)16/h4-5,8-9,11H,3,6-7H2,1-2H3,(H,17,19). The second kappa shape index (κ2) is 7.15. The Morgan fingerprint density at radius 1 is 1.50 bits per heavy atom. The van der Waals surface area contributed by atoms with Crippen molar-refractivity contribution in [3.8, 4) is 0 Å². The highest BCUT2D eigenvalue weighted by Crippen LogP contribution is 2.15. The number of hydrogen-bond donors (Lipinski definition) is 1. The minimum Gasteiger partial charge on any atom is -0.462 e. The van der Waals surface area contributed by atoms with Crippen LogP contribution in [-0.2, 0) is 4.74 Å². The van der Waals surface area contributed by atoms with Crippen molar-refractivity contribution in [1.82, 2.24) is 14.6 Å². The number of nitrogens with one attached hydrogen (secondary N) is 1. The van der Waals surface area contributed by atoms with Crippen molar-refractivity contribution < 1.29 is 18.3 Å². The van der Waals surface area contributed by atoms with E-state index in [1.54, 1.807) is 26.1 Å². The third kappa shape index (κ3) is 3.90. The summed E-state index contributed by atoms with van der Waals surface area (Å²) in [6.07, 6.45) is 0.544. The Bertz CT molecular complexity index is 645. The molecule has 0 aliphatic heterocycles. The summed E-state index contributed by atoms with van der Waals surface area (Å²) in [7, 11) is 0. The van der Waals surface area contributed by atoms with Gasteiger partial charge >= 0.3 is 5.97 Å². The van der Waals surface area contributed by atoms with Crippen molar-refractivity contribution in [2.45, 2.75) is 26.7 Å². The first-order valence-electron chi connectivity index (χ1n) is 7.04. The van der Waals surface area contributed by atoms with Crippen LogP contribution in [0.2, 0.25) is 0 Å². The Hall–Kier alpha value is -2.25. The van der Waals surface area contributed by atoms with Crippen molar-refractivity contribution >= 4 is 17.4 Å². The maximum absolute atomic E-state index is 12.3. The number of hydrogen-bond acceptors (Lipinski definition) is 5. The molecule has 0 spiro atoms. The van der Waals surface area contributed by atoms with E-state index in [0.717, 1.165) is 0 Å².